The number of aromatic carboxylic acids is 1. The minimum Gasteiger partial charge on any atom is -0.492 e. The van der Waals surface area contributed by atoms with Crippen LogP contribution < -0.4 is 15.8 Å². The molecule has 0 aromatic heterocycles. The van der Waals surface area contributed by atoms with Crippen molar-refractivity contribution in [3.8, 4) is 5.75 Å². The summed E-state index contributed by atoms with van der Waals surface area (Å²) in [5, 5.41) is 18.3. The summed E-state index contributed by atoms with van der Waals surface area (Å²) in [4.78, 5) is 10.3. The number of hydrogen-bond acceptors (Lipinski definition) is 6. The van der Waals surface area contributed by atoms with E-state index >= 15 is 0 Å². The second-order valence-corrected chi connectivity index (χ2v) is 10.5. The lowest BCUT2D eigenvalue weighted by Crippen LogP contribution is -2.29. The Hall–Kier alpha value is -2.93. The van der Waals surface area contributed by atoms with Gasteiger partial charge in [-0.2, -0.15) is 8.42 Å². The minimum atomic E-state index is -3.77. The van der Waals surface area contributed by atoms with Gasteiger partial charge in [-0.15, -0.1) is 0 Å². The molecule has 0 spiro atoms. The molecule has 192 valence electrons. The smallest absolute Gasteiger partial charge is 0.335 e. The Kier molecular flexibility index (Phi) is 11.9. The van der Waals surface area contributed by atoms with Gasteiger partial charge in [-0.3, -0.25) is 9.59 Å². The van der Waals surface area contributed by atoms with Crippen molar-refractivity contribution in [2.75, 3.05) is 13.2 Å². The van der Waals surface area contributed by atoms with E-state index in [0.29, 0.717) is 30.9 Å². The molecule has 5 N–H and O–H groups in total. The highest BCUT2D eigenvalue weighted by atomic mass is 79.9. The van der Waals surface area contributed by atoms with Crippen molar-refractivity contribution in [3.63, 3.8) is 0 Å². The number of guanidine groups is 1. The molecule has 0 aliphatic heterocycles. The van der Waals surface area contributed by atoms with Gasteiger partial charge in [0.1, 0.15) is 5.75 Å². The van der Waals surface area contributed by atoms with Gasteiger partial charge in [0.15, 0.2) is 5.96 Å². The van der Waals surface area contributed by atoms with Crippen LogP contribution in [-0.4, -0.2) is 38.7 Å². The summed E-state index contributed by atoms with van der Waals surface area (Å²) >= 11 is 6.68. The maximum Gasteiger partial charge on any atom is 0.335 e. The van der Waals surface area contributed by atoms with Crippen molar-refractivity contribution in [2.24, 2.45) is 5.73 Å². The van der Waals surface area contributed by atoms with Crippen molar-refractivity contribution in [3.05, 3.63) is 92.9 Å². The summed E-state index contributed by atoms with van der Waals surface area (Å²) in [7, 11) is -3.77. The normalized spacial score (nSPS) is 10.6. The molecule has 0 saturated carbocycles. The van der Waals surface area contributed by atoms with Crippen LogP contribution in [0.3, 0.4) is 0 Å². The van der Waals surface area contributed by atoms with E-state index < -0.39 is 16.1 Å². The zero-order chi connectivity index (χ0) is 26.6. The maximum atomic E-state index is 12.1. The minimum absolute atomic E-state index is 0.0244. The third-order valence-electron chi connectivity index (χ3n) is 4.39. The third kappa shape index (κ3) is 10.4. The summed E-state index contributed by atoms with van der Waals surface area (Å²) in [5.74, 6) is -0.336. The lowest BCUT2D eigenvalue weighted by molar-refractivity contribution is 0.0697. The molecule has 0 bridgehead atoms. The number of hydrogen-bond donors (Lipinski definition) is 4. The molecule has 0 radical (unpaired) electrons. The van der Waals surface area contributed by atoms with Gasteiger partial charge < -0.3 is 20.9 Å². The molecule has 3 rings (SSSR count). The molecule has 36 heavy (non-hydrogen) atoms. The molecule has 0 unspecified atom stereocenters. The van der Waals surface area contributed by atoms with Crippen LogP contribution in [0.1, 0.15) is 22.3 Å². The highest BCUT2D eigenvalue weighted by molar-refractivity contribution is 9.10. The van der Waals surface area contributed by atoms with Crippen LogP contribution in [0.25, 0.3) is 0 Å². The number of carboxylic acid groups (broad SMARTS) is 1. The molecule has 0 fully saturated rings. The molecule has 0 heterocycles. The molecular formula is C24H25Br2N3O6S. The Morgan fingerprint density at radius 2 is 1.67 bits per heavy atom. The highest BCUT2D eigenvalue weighted by Gasteiger charge is 2.14. The topological polar surface area (TPSA) is 152 Å². The first kappa shape index (κ1) is 29.3. The molecule has 0 saturated heterocycles. The molecule has 0 atom stereocenters. The van der Waals surface area contributed by atoms with E-state index in [4.69, 9.17) is 25.2 Å². The Morgan fingerprint density at radius 1 is 1.00 bits per heavy atom. The summed E-state index contributed by atoms with van der Waals surface area (Å²) in [6.07, 6.45) is 0.413. The third-order valence-corrected chi connectivity index (χ3v) is 6.86. The fraction of sp³-hybridized carbons (Fsp3) is 0.167. The van der Waals surface area contributed by atoms with Crippen LogP contribution in [0.4, 0.5) is 0 Å². The first-order valence-corrected chi connectivity index (χ1v) is 13.5. The molecule has 3 aromatic rings. The average molecular weight is 643 g/mol. The van der Waals surface area contributed by atoms with E-state index in [2.05, 4.69) is 37.2 Å². The van der Waals surface area contributed by atoms with Crippen LogP contribution in [0, 0.1) is 5.41 Å². The number of carbonyl (C=O) groups is 1. The van der Waals surface area contributed by atoms with E-state index in [1.165, 1.54) is 12.1 Å². The molecule has 12 heteroatoms. The Bertz CT molecular complexity index is 1260. The Labute approximate surface area is 226 Å². The first-order chi connectivity index (χ1) is 17.1. The standard InChI is InChI=1S/C17H19Br2N3O4S.C7H6O2/c18-13-3-5-14(6-4-13)27(23,24)26-9-1-8-25-16-7-2-12(10-15(16)19)11-22-17(20)21;8-7(9)6-4-2-1-3-5-6/h2-7,10H,1,8-9,11H2,(H4,20,21,22);1-5H,(H,8,9). The van der Waals surface area contributed by atoms with Gasteiger partial charge in [0.25, 0.3) is 10.1 Å². The average Bonchev–Trinajstić information content (AvgIpc) is 2.84. The monoisotopic (exact) mass is 641 g/mol. The van der Waals surface area contributed by atoms with Gasteiger partial charge in [0, 0.05) is 17.4 Å². The van der Waals surface area contributed by atoms with E-state index in [1.54, 1.807) is 48.5 Å². The number of halogens is 2. The summed E-state index contributed by atoms with van der Waals surface area (Å²) in [5.41, 5.74) is 6.53. The number of nitrogens with one attached hydrogen (secondary N) is 2. The van der Waals surface area contributed by atoms with Crippen LogP contribution >= 0.6 is 31.9 Å². The lowest BCUT2D eigenvalue weighted by atomic mass is 10.2. The quantitative estimate of drug-likeness (QED) is 0.107. The van der Waals surface area contributed by atoms with Crippen molar-refractivity contribution in [1.29, 1.82) is 5.41 Å². The summed E-state index contributed by atoms with van der Waals surface area (Å²) < 4.78 is 36.3. The van der Waals surface area contributed by atoms with E-state index in [9.17, 15) is 13.2 Å². The fourth-order valence-electron chi connectivity index (χ4n) is 2.63. The van der Waals surface area contributed by atoms with Crippen LogP contribution in [0.15, 0.2) is 86.6 Å². The van der Waals surface area contributed by atoms with Crippen molar-refractivity contribution >= 4 is 53.9 Å². The number of benzene rings is 3. The van der Waals surface area contributed by atoms with Gasteiger partial charge in [-0.05, 0) is 70.0 Å². The van der Waals surface area contributed by atoms with Gasteiger partial charge in [-0.1, -0.05) is 40.2 Å². The second-order valence-electron chi connectivity index (χ2n) is 7.14. The summed E-state index contributed by atoms with van der Waals surface area (Å²) in [6, 6.07) is 20.1. The number of carboxylic acids is 1. The predicted octanol–water partition coefficient (Wildman–Crippen LogP) is 4.75. The van der Waals surface area contributed by atoms with Crippen molar-refractivity contribution in [1.82, 2.24) is 5.32 Å². The molecule has 0 amide bonds. The molecule has 3 aromatic carbocycles. The molecule has 9 nitrogen and oxygen atoms in total. The zero-order valence-electron chi connectivity index (χ0n) is 19.0. The van der Waals surface area contributed by atoms with Crippen LogP contribution in [0.2, 0.25) is 0 Å². The van der Waals surface area contributed by atoms with Gasteiger partial charge in [-0.25, -0.2) is 4.79 Å². The number of ether oxygens (including phenoxy) is 1. The maximum absolute atomic E-state index is 12.1. The van der Waals surface area contributed by atoms with E-state index in [1.807, 2.05) is 12.1 Å². The fourth-order valence-corrected chi connectivity index (χ4v) is 4.38. The van der Waals surface area contributed by atoms with Crippen molar-refractivity contribution in [2.45, 2.75) is 17.9 Å². The van der Waals surface area contributed by atoms with Crippen LogP contribution in [0.5, 0.6) is 5.75 Å². The largest absolute Gasteiger partial charge is 0.492 e. The highest BCUT2D eigenvalue weighted by Crippen LogP contribution is 2.26. The van der Waals surface area contributed by atoms with Crippen LogP contribution in [-0.2, 0) is 20.8 Å². The van der Waals surface area contributed by atoms with Gasteiger partial charge in [0.2, 0.25) is 0 Å². The van der Waals surface area contributed by atoms with Crippen molar-refractivity contribution < 1.29 is 27.2 Å². The number of nitrogens with two attached hydrogens (primary N) is 1. The van der Waals surface area contributed by atoms with Gasteiger partial charge >= 0.3 is 5.97 Å². The molecule has 0 aliphatic rings. The van der Waals surface area contributed by atoms with Gasteiger partial charge in [0.05, 0.1) is 28.1 Å². The predicted molar refractivity (Wildman–Crippen MR) is 144 cm³/mol. The summed E-state index contributed by atoms with van der Waals surface area (Å²) in [6.45, 7) is 0.770. The van der Waals surface area contributed by atoms with E-state index in [-0.39, 0.29) is 17.5 Å². The zero-order valence-corrected chi connectivity index (χ0v) is 23.0. The molecular weight excluding hydrogens is 618 g/mol. The van der Waals surface area contributed by atoms with E-state index in [0.717, 1.165) is 14.5 Å². The SMILES string of the molecule is N=C(N)NCc1ccc(OCCCOS(=O)(=O)c2ccc(Br)cc2)c(Br)c1.O=C(O)c1ccccc1. The second kappa shape index (κ2) is 14.6. The molecule has 0 aliphatic carbocycles. The Morgan fingerprint density at radius 3 is 2.22 bits per heavy atom. The lowest BCUT2D eigenvalue weighted by Gasteiger charge is -2.11. The Balaban J connectivity index is 0.000000425. The first-order valence-electron chi connectivity index (χ1n) is 10.5. The number of rotatable bonds is 10.